The Kier molecular flexibility index (Phi) is 5.02. The summed E-state index contributed by atoms with van der Waals surface area (Å²) in [5.74, 6) is 1.73. The van der Waals surface area contributed by atoms with Crippen LogP contribution in [0.4, 0.5) is 0 Å². The molecule has 7 atom stereocenters. The second kappa shape index (κ2) is 6.36. The number of rotatable bonds is 0. The van der Waals surface area contributed by atoms with Crippen LogP contribution < -0.4 is 5.32 Å². The van der Waals surface area contributed by atoms with Gasteiger partial charge < -0.3 is 10.4 Å². The molecule has 110 valence electrons. The van der Waals surface area contributed by atoms with Crippen molar-refractivity contribution in [2.75, 3.05) is 0 Å². The van der Waals surface area contributed by atoms with E-state index in [2.05, 4.69) is 30.4 Å². The first kappa shape index (κ1) is 15.0. The van der Waals surface area contributed by atoms with E-state index in [1.54, 1.807) is 0 Å². The van der Waals surface area contributed by atoms with Crippen LogP contribution in [-0.4, -0.2) is 35.6 Å². The van der Waals surface area contributed by atoms with E-state index in [1.165, 1.54) is 19.3 Å². The summed E-state index contributed by atoms with van der Waals surface area (Å²) in [5, 5.41) is 13.9. The third-order valence-electron chi connectivity index (χ3n) is 5.17. The highest BCUT2D eigenvalue weighted by Crippen LogP contribution is 2.42. The van der Waals surface area contributed by atoms with Gasteiger partial charge in [0.2, 0.25) is 0 Å². The van der Waals surface area contributed by atoms with Crippen molar-refractivity contribution in [1.82, 2.24) is 5.32 Å². The van der Waals surface area contributed by atoms with Gasteiger partial charge in [-0.05, 0) is 50.4 Å². The van der Waals surface area contributed by atoms with Gasteiger partial charge in [-0.1, -0.05) is 20.8 Å². The molecule has 0 aromatic carbocycles. The summed E-state index contributed by atoms with van der Waals surface area (Å²) >= 11 is 0. The van der Waals surface area contributed by atoms with Gasteiger partial charge in [-0.3, -0.25) is 4.99 Å². The molecule has 2 aliphatic heterocycles. The molecule has 2 N–H and O–H groups in total. The van der Waals surface area contributed by atoms with Crippen LogP contribution in [0.5, 0.6) is 0 Å². The molecule has 3 heteroatoms. The Labute approximate surface area is 117 Å². The molecule has 3 aliphatic rings. The lowest BCUT2D eigenvalue weighted by molar-refractivity contribution is 0.00110. The first-order valence-electron chi connectivity index (χ1n) is 8.14. The molecule has 3 nitrogen and oxygen atoms in total. The topological polar surface area (TPSA) is 44.6 Å². The summed E-state index contributed by atoms with van der Waals surface area (Å²) in [6.45, 7) is 8.41. The van der Waals surface area contributed by atoms with Gasteiger partial charge in [0.25, 0.3) is 0 Å². The number of aliphatic hydroxyl groups is 1. The molecule has 3 rings (SSSR count). The number of nitrogens with zero attached hydrogens (tertiary/aromatic N) is 1. The van der Waals surface area contributed by atoms with Crippen LogP contribution in [-0.2, 0) is 0 Å². The highest BCUT2D eigenvalue weighted by Gasteiger charge is 2.45. The highest BCUT2D eigenvalue weighted by atomic mass is 16.3. The lowest BCUT2D eigenvalue weighted by Crippen LogP contribution is -2.57. The molecule has 1 saturated heterocycles. The highest BCUT2D eigenvalue weighted by molar-refractivity contribution is 5.67. The fourth-order valence-corrected chi connectivity index (χ4v) is 4.04. The first-order chi connectivity index (χ1) is 9.16. The zero-order chi connectivity index (χ0) is 14.0. The van der Waals surface area contributed by atoms with Crippen LogP contribution in [0.3, 0.4) is 0 Å². The molecule has 0 bridgehead atoms. The van der Waals surface area contributed by atoms with Gasteiger partial charge in [0.1, 0.15) is 0 Å². The van der Waals surface area contributed by atoms with E-state index in [0.29, 0.717) is 29.8 Å². The lowest BCUT2D eigenvalue weighted by atomic mass is 9.66. The summed E-state index contributed by atoms with van der Waals surface area (Å²) in [6.07, 6.45) is 6.85. The zero-order valence-corrected chi connectivity index (χ0v) is 12.8. The third-order valence-corrected chi connectivity index (χ3v) is 5.17. The van der Waals surface area contributed by atoms with Crippen LogP contribution in [0, 0.1) is 17.8 Å². The summed E-state index contributed by atoms with van der Waals surface area (Å²) in [4.78, 5) is 4.66. The summed E-state index contributed by atoms with van der Waals surface area (Å²) < 4.78 is 0. The fraction of sp³-hybridized carbons (Fsp3) is 0.938. The van der Waals surface area contributed by atoms with E-state index in [0.717, 1.165) is 6.42 Å². The van der Waals surface area contributed by atoms with Crippen molar-refractivity contribution in [2.24, 2.45) is 22.7 Å². The van der Waals surface area contributed by atoms with Crippen LogP contribution in [0.15, 0.2) is 4.99 Å². The molecule has 1 saturated carbocycles. The van der Waals surface area contributed by atoms with Crippen molar-refractivity contribution in [3.8, 4) is 0 Å². The number of piperidine rings is 1. The number of aliphatic imine (C=N–C) groups is 1. The number of nitrogens with one attached hydrogen (secondary N) is 1. The molecule has 2 fully saturated rings. The lowest BCUT2D eigenvalue weighted by Gasteiger charge is -2.48. The van der Waals surface area contributed by atoms with Gasteiger partial charge >= 0.3 is 0 Å². The summed E-state index contributed by atoms with van der Waals surface area (Å²) in [7, 11) is 0. The molecular weight excluding hydrogens is 236 g/mol. The van der Waals surface area contributed by atoms with Gasteiger partial charge in [0, 0.05) is 18.3 Å². The number of hydrogen-bond acceptors (Lipinski definition) is 3. The van der Waals surface area contributed by atoms with Crippen LogP contribution in [0.25, 0.3) is 0 Å². The quantitative estimate of drug-likeness (QED) is 0.708. The maximum atomic E-state index is 10.3. The normalized spacial score (nSPS) is 48.6. The Morgan fingerprint density at radius 2 is 1.74 bits per heavy atom. The predicted molar refractivity (Wildman–Crippen MR) is 80.6 cm³/mol. The molecule has 0 amide bonds. The molecule has 2 heterocycles. The number of aliphatic hydroxyl groups excluding tert-OH is 1. The fourth-order valence-electron chi connectivity index (χ4n) is 4.04. The van der Waals surface area contributed by atoms with Gasteiger partial charge in [-0.25, -0.2) is 0 Å². The largest absolute Gasteiger partial charge is 0.391 e. The van der Waals surface area contributed by atoms with Crippen molar-refractivity contribution in [1.29, 1.82) is 0 Å². The SMILES string of the molecule is CC.CC1CCC2C(C=NC3C(O)C(C)CCC23)N1. The van der Waals surface area contributed by atoms with Gasteiger partial charge in [0.05, 0.1) is 12.1 Å². The molecule has 0 aromatic rings. The van der Waals surface area contributed by atoms with E-state index in [1.807, 2.05) is 13.8 Å². The maximum absolute atomic E-state index is 10.3. The summed E-state index contributed by atoms with van der Waals surface area (Å²) in [5.41, 5.74) is 0. The third kappa shape index (κ3) is 2.87. The zero-order valence-electron chi connectivity index (χ0n) is 12.8. The molecule has 0 spiro atoms. The first-order valence-corrected chi connectivity index (χ1v) is 8.14. The minimum atomic E-state index is -0.217. The van der Waals surface area contributed by atoms with E-state index >= 15 is 0 Å². The Morgan fingerprint density at radius 1 is 1.05 bits per heavy atom. The Morgan fingerprint density at radius 3 is 2.47 bits per heavy atom. The predicted octanol–water partition coefficient (Wildman–Crippen LogP) is 2.63. The van der Waals surface area contributed by atoms with Crippen LogP contribution in [0.1, 0.15) is 53.4 Å². The van der Waals surface area contributed by atoms with E-state index in [9.17, 15) is 5.11 Å². The molecule has 19 heavy (non-hydrogen) atoms. The van der Waals surface area contributed by atoms with Crippen molar-refractivity contribution in [3.05, 3.63) is 0 Å². The van der Waals surface area contributed by atoms with Crippen molar-refractivity contribution < 1.29 is 5.11 Å². The molecule has 0 radical (unpaired) electrons. The van der Waals surface area contributed by atoms with Crippen molar-refractivity contribution >= 4 is 6.21 Å². The molecule has 1 aliphatic carbocycles. The van der Waals surface area contributed by atoms with Crippen molar-refractivity contribution in [2.45, 2.75) is 77.6 Å². The second-order valence-corrected chi connectivity index (χ2v) is 6.33. The Balaban J connectivity index is 0.000000637. The number of fused-ring (bicyclic) bond motifs is 3. The minimum absolute atomic E-state index is 0.176. The minimum Gasteiger partial charge on any atom is -0.391 e. The van der Waals surface area contributed by atoms with Gasteiger partial charge in [-0.2, -0.15) is 0 Å². The molecule has 0 aromatic heterocycles. The van der Waals surface area contributed by atoms with E-state index in [-0.39, 0.29) is 12.1 Å². The monoisotopic (exact) mass is 266 g/mol. The Bertz CT molecular complexity index is 318. The number of hydrogen-bond donors (Lipinski definition) is 2. The van der Waals surface area contributed by atoms with Crippen molar-refractivity contribution in [3.63, 3.8) is 0 Å². The van der Waals surface area contributed by atoms with Gasteiger partial charge in [0.15, 0.2) is 0 Å². The van der Waals surface area contributed by atoms with E-state index < -0.39 is 0 Å². The summed E-state index contributed by atoms with van der Waals surface area (Å²) in [6, 6.07) is 1.25. The smallest absolute Gasteiger partial charge is 0.0791 e. The van der Waals surface area contributed by atoms with Crippen LogP contribution in [0.2, 0.25) is 0 Å². The Hall–Kier alpha value is -0.410. The molecular formula is C16H30N2O. The maximum Gasteiger partial charge on any atom is 0.0791 e. The van der Waals surface area contributed by atoms with E-state index in [4.69, 9.17) is 0 Å². The van der Waals surface area contributed by atoms with Gasteiger partial charge in [-0.15, -0.1) is 0 Å². The average Bonchev–Trinajstić information content (AvgIpc) is 2.44. The standard InChI is InChI=1S/C14H24N2O.C2H6/c1-8-3-5-11-10-6-4-9(2)16-12(10)7-15-13(11)14(8)17;1-2/h7-14,16-17H,3-6H2,1-2H3;1-2H3. The second-order valence-electron chi connectivity index (χ2n) is 6.33. The molecule has 7 unspecified atom stereocenters. The van der Waals surface area contributed by atoms with Crippen LogP contribution >= 0.6 is 0 Å². The average molecular weight is 266 g/mol.